The van der Waals surface area contributed by atoms with Crippen molar-refractivity contribution in [3.05, 3.63) is 0 Å². The van der Waals surface area contributed by atoms with Crippen molar-refractivity contribution < 1.29 is 8.22 Å². The van der Waals surface area contributed by atoms with Crippen molar-refractivity contribution >= 4 is 27.4 Å². The summed E-state index contributed by atoms with van der Waals surface area (Å²) in [6.45, 7) is 6.51. The Labute approximate surface area is 62.3 Å². The highest BCUT2D eigenvalue weighted by atomic mass is 35.6. The Hall–Kier alpha value is 0.614. The van der Waals surface area contributed by atoms with Gasteiger partial charge in [0.05, 0.1) is 0 Å². The van der Waals surface area contributed by atoms with Crippen molar-refractivity contribution in [1.29, 1.82) is 0 Å². The molecule has 0 atom stereocenters. The zero-order valence-electron chi connectivity index (χ0n) is 6.16. The molecule has 0 aromatic rings. The minimum atomic E-state index is -2.86. The Morgan fingerprint density at radius 2 is 1.56 bits per heavy atom. The normalized spacial score (nSPS) is 14.0. The third-order valence-corrected chi connectivity index (χ3v) is 5.06. The van der Waals surface area contributed by atoms with E-state index in [4.69, 9.17) is 15.2 Å². The molecule has 0 saturated carbocycles. The third-order valence-electron chi connectivity index (χ3n) is 0.485. The van der Waals surface area contributed by atoms with Crippen LogP contribution in [0.15, 0.2) is 0 Å². The summed E-state index contributed by atoms with van der Waals surface area (Å²) in [5.74, 6) is 0. The molecule has 0 N–H and O–H groups in total. The molecule has 0 radical (unpaired) electrons. The molecule has 0 aliphatic rings. The SMILES string of the molecule is C[Si](C)(F)O[Si](C)(C)Cl. The van der Waals surface area contributed by atoms with E-state index in [1.807, 2.05) is 0 Å². The predicted octanol–water partition coefficient (Wildman–Crippen LogP) is 2.61. The van der Waals surface area contributed by atoms with Crippen molar-refractivity contribution in [3.63, 3.8) is 0 Å². The highest BCUT2D eigenvalue weighted by Crippen LogP contribution is 2.17. The van der Waals surface area contributed by atoms with Crippen molar-refractivity contribution in [2.24, 2.45) is 0 Å². The van der Waals surface area contributed by atoms with Gasteiger partial charge in [-0.15, -0.1) is 11.1 Å². The van der Waals surface area contributed by atoms with Gasteiger partial charge >= 0.3 is 8.65 Å². The average Bonchev–Trinajstić information content (AvgIpc) is 1.14. The first kappa shape index (κ1) is 9.61. The fourth-order valence-electron chi connectivity index (χ4n) is 0.577. The number of hydrogen-bond donors (Lipinski definition) is 0. The fourth-order valence-corrected chi connectivity index (χ4v) is 6.85. The van der Waals surface area contributed by atoms with Gasteiger partial charge in [-0.2, -0.15) is 0 Å². The highest BCUT2D eigenvalue weighted by molar-refractivity contribution is 7.17. The maximum atomic E-state index is 12.8. The van der Waals surface area contributed by atoms with Crippen LogP contribution in [0.2, 0.25) is 26.2 Å². The molecule has 0 saturated heterocycles. The van der Waals surface area contributed by atoms with E-state index in [0.717, 1.165) is 0 Å². The second-order valence-electron chi connectivity index (χ2n) is 2.83. The molecule has 0 bridgehead atoms. The summed E-state index contributed by atoms with van der Waals surface area (Å²) < 4.78 is 17.8. The molecule has 0 aromatic heterocycles. The minimum absolute atomic E-state index is 1.49. The summed E-state index contributed by atoms with van der Waals surface area (Å²) >= 11 is 5.73. The monoisotopic (exact) mass is 186 g/mol. The van der Waals surface area contributed by atoms with Gasteiger partial charge in [0, 0.05) is 0 Å². The summed E-state index contributed by atoms with van der Waals surface area (Å²) in [7, 11) is -5.00. The average molecular weight is 187 g/mol. The van der Waals surface area contributed by atoms with Crippen molar-refractivity contribution in [2.45, 2.75) is 26.2 Å². The van der Waals surface area contributed by atoms with E-state index in [9.17, 15) is 4.11 Å². The van der Waals surface area contributed by atoms with Crippen LogP contribution in [-0.4, -0.2) is 16.3 Å². The fraction of sp³-hybridized carbons (Fsp3) is 1.00. The van der Waals surface area contributed by atoms with Crippen LogP contribution in [0.4, 0.5) is 4.11 Å². The van der Waals surface area contributed by atoms with E-state index in [2.05, 4.69) is 0 Å². The highest BCUT2D eigenvalue weighted by Gasteiger charge is 2.31. The first-order valence-corrected chi connectivity index (χ1v) is 9.49. The summed E-state index contributed by atoms with van der Waals surface area (Å²) in [6, 6.07) is 0. The number of hydrogen-bond acceptors (Lipinski definition) is 1. The lowest BCUT2D eigenvalue weighted by Crippen LogP contribution is -2.37. The molecule has 56 valence electrons. The van der Waals surface area contributed by atoms with E-state index in [1.165, 1.54) is 13.1 Å². The van der Waals surface area contributed by atoms with Crippen molar-refractivity contribution in [3.8, 4) is 0 Å². The molecule has 0 aliphatic heterocycles. The van der Waals surface area contributed by atoms with E-state index in [-0.39, 0.29) is 0 Å². The maximum absolute atomic E-state index is 12.8. The second kappa shape index (κ2) is 2.69. The summed E-state index contributed by atoms with van der Waals surface area (Å²) in [5, 5.41) is 0. The summed E-state index contributed by atoms with van der Waals surface area (Å²) in [6.07, 6.45) is 0. The lowest BCUT2D eigenvalue weighted by atomic mass is 11.9. The zero-order valence-corrected chi connectivity index (χ0v) is 8.92. The van der Waals surface area contributed by atoms with Gasteiger partial charge in [-0.3, -0.25) is 4.11 Å². The van der Waals surface area contributed by atoms with Crippen LogP contribution in [-0.2, 0) is 4.12 Å². The van der Waals surface area contributed by atoms with Crippen LogP contribution in [0.5, 0.6) is 0 Å². The van der Waals surface area contributed by atoms with Gasteiger partial charge in [0.1, 0.15) is 0 Å². The molecular formula is C4H12ClFOSi2. The van der Waals surface area contributed by atoms with Gasteiger partial charge in [-0.25, -0.2) is 0 Å². The van der Waals surface area contributed by atoms with Crippen LogP contribution in [0, 0.1) is 0 Å². The quantitative estimate of drug-likeness (QED) is 0.476. The Balaban J connectivity index is 3.75. The Bertz CT molecular complexity index is 83.7. The van der Waals surface area contributed by atoms with Crippen LogP contribution >= 0.6 is 11.1 Å². The molecular weight excluding hydrogens is 175 g/mol. The molecule has 0 aromatic carbocycles. The molecule has 0 spiro atoms. The van der Waals surface area contributed by atoms with E-state index >= 15 is 0 Å². The summed E-state index contributed by atoms with van der Waals surface area (Å²) in [4.78, 5) is 0. The molecule has 0 unspecified atom stereocenters. The predicted molar refractivity (Wildman–Crippen MR) is 43.0 cm³/mol. The maximum Gasteiger partial charge on any atom is 0.368 e. The standard InChI is InChI=1S/C4H12ClFOSi2/c1-8(2,5)7-9(3,4)6/h1-4H3. The van der Waals surface area contributed by atoms with Gasteiger partial charge in [-0.05, 0) is 26.2 Å². The topological polar surface area (TPSA) is 9.23 Å². The molecule has 9 heavy (non-hydrogen) atoms. The number of rotatable bonds is 2. The van der Waals surface area contributed by atoms with E-state index in [0.29, 0.717) is 0 Å². The van der Waals surface area contributed by atoms with Crippen molar-refractivity contribution in [1.82, 2.24) is 0 Å². The Kier molecular flexibility index (Phi) is 2.88. The van der Waals surface area contributed by atoms with Gasteiger partial charge in [0.2, 0.25) is 0 Å². The Morgan fingerprint density at radius 3 is 1.56 bits per heavy atom. The van der Waals surface area contributed by atoms with E-state index in [1.54, 1.807) is 13.1 Å². The van der Waals surface area contributed by atoms with Crippen LogP contribution in [0.1, 0.15) is 0 Å². The van der Waals surface area contributed by atoms with Crippen LogP contribution < -0.4 is 0 Å². The first-order valence-electron chi connectivity index (χ1n) is 2.79. The lowest BCUT2D eigenvalue weighted by molar-refractivity contribution is 0.486. The molecule has 5 heteroatoms. The summed E-state index contributed by atoms with van der Waals surface area (Å²) in [5.41, 5.74) is 0. The molecule has 1 nitrogen and oxygen atoms in total. The minimum Gasteiger partial charge on any atom is -0.421 e. The van der Waals surface area contributed by atoms with E-state index < -0.39 is 16.3 Å². The van der Waals surface area contributed by atoms with Crippen LogP contribution in [0.25, 0.3) is 0 Å². The Morgan fingerprint density at radius 1 is 1.22 bits per heavy atom. The third kappa shape index (κ3) is 8.61. The van der Waals surface area contributed by atoms with Crippen molar-refractivity contribution in [2.75, 3.05) is 0 Å². The molecule has 0 aliphatic carbocycles. The zero-order chi connectivity index (χ0) is 7.71. The molecule has 0 fully saturated rings. The number of halogens is 2. The van der Waals surface area contributed by atoms with Gasteiger partial charge in [-0.1, -0.05) is 0 Å². The van der Waals surface area contributed by atoms with Gasteiger partial charge in [0.15, 0.2) is 0 Å². The van der Waals surface area contributed by atoms with Gasteiger partial charge in [0.25, 0.3) is 7.63 Å². The molecule has 0 heterocycles. The smallest absolute Gasteiger partial charge is 0.368 e. The molecule has 0 rings (SSSR count). The molecule has 0 amide bonds. The first-order chi connectivity index (χ1) is 3.71. The lowest BCUT2D eigenvalue weighted by Gasteiger charge is -2.21. The second-order valence-corrected chi connectivity index (χ2v) is 11.8. The largest absolute Gasteiger partial charge is 0.421 e. The van der Waals surface area contributed by atoms with Crippen LogP contribution in [0.3, 0.4) is 0 Å². The van der Waals surface area contributed by atoms with Gasteiger partial charge < -0.3 is 4.12 Å².